The highest BCUT2D eigenvalue weighted by Crippen LogP contribution is 2.43. The minimum Gasteiger partial charge on any atom is -0.334 e. The number of imidazole rings is 1. The first-order chi connectivity index (χ1) is 15.9. The van der Waals surface area contributed by atoms with Gasteiger partial charge in [0, 0.05) is 46.2 Å². The largest absolute Gasteiger partial charge is 0.334 e. The number of nitrogens with zero attached hydrogens (tertiary/aromatic N) is 3. The number of benzene rings is 3. The molecule has 3 aromatic carbocycles. The Morgan fingerprint density at radius 2 is 1.61 bits per heavy atom. The topological polar surface area (TPSA) is 39.8 Å². The predicted molar refractivity (Wildman–Crippen MR) is 137 cm³/mol. The smallest absolute Gasteiger partial charge is 0.254 e. The molecule has 0 aliphatic heterocycles. The van der Waals surface area contributed by atoms with Gasteiger partial charge in [0.15, 0.2) is 0 Å². The number of rotatable bonds is 3. The van der Waals surface area contributed by atoms with E-state index in [-0.39, 0.29) is 5.56 Å². The molecule has 0 aliphatic carbocycles. The van der Waals surface area contributed by atoms with Crippen molar-refractivity contribution < 1.29 is 0 Å². The highest BCUT2D eigenvalue weighted by molar-refractivity contribution is 6.31. The van der Waals surface area contributed by atoms with Crippen LogP contribution in [0.4, 0.5) is 0 Å². The monoisotopic (exact) mass is 473 g/mol. The first-order valence-electron chi connectivity index (χ1n) is 10.5. The third kappa shape index (κ3) is 3.56. The molecule has 0 bridgehead atoms. The summed E-state index contributed by atoms with van der Waals surface area (Å²) in [6.07, 6.45) is 3.64. The fourth-order valence-electron chi connectivity index (χ4n) is 4.52. The van der Waals surface area contributed by atoms with Crippen LogP contribution in [-0.2, 0) is 14.1 Å². The van der Waals surface area contributed by atoms with Gasteiger partial charge in [-0.05, 0) is 53.9 Å². The van der Waals surface area contributed by atoms with Crippen LogP contribution in [0.15, 0.2) is 78.0 Å². The highest BCUT2D eigenvalue weighted by atomic mass is 35.5. The number of halogens is 2. The molecule has 0 saturated heterocycles. The first kappa shape index (κ1) is 21.5. The Balaban J connectivity index is 2.03. The summed E-state index contributed by atoms with van der Waals surface area (Å²) in [5.74, 6) is 0. The average molecular weight is 474 g/mol. The van der Waals surface area contributed by atoms with Crippen molar-refractivity contribution in [2.24, 2.45) is 14.1 Å². The first-order valence-corrected chi connectivity index (χ1v) is 11.3. The molecule has 2 heterocycles. The molecular formula is C27H21Cl2N3O. The summed E-state index contributed by atoms with van der Waals surface area (Å²) in [4.78, 5) is 17.6. The van der Waals surface area contributed by atoms with Crippen molar-refractivity contribution in [2.75, 3.05) is 0 Å². The van der Waals surface area contributed by atoms with Crippen LogP contribution in [0.2, 0.25) is 10.0 Å². The molecular weight excluding hydrogens is 453 g/mol. The van der Waals surface area contributed by atoms with Gasteiger partial charge in [-0.25, -0.2) is 4.98 Å². The van der Waals surface area contributed by atoms with Crippen LogP contribution in [0.3, 0.4) is 0 Å². The van der Waals surface area contributed by atoms with Crippen molar-refractivity contribution in [3.63, 3.8) is 0 Å². The zero-order valence-corrected chi connectivity index (χ0v) is 19.9. The minimum atomic E-state index is -0.0346. The van der Waals surface area contributed by atoms with Gasteiger partial charge in [0.1, 0.15) is 0 Å². The van der Waals surface area contributed by atoms with Crippen molar-refractivity contribution in [3.8, 4) is 33.5 Å². The Morgan fingerprint density at radius 1 is 0.848 bits per heavy atom. The normalized spacial score (nSPS) is 11.3. The van der Waals surface area contributed by atoms with E-state index in [0.717, 1.165) is 44.4 Å². The minimum absolute atomic E-state index is 0.0346. The summed E-state index contributed by atoms with van der Waals surface area (Å²) in [5, 5.41) is 2.28. The number of hydrogen-bond acceptors (Lipinski definition) is 2. The lowest BCUT2D eigenvalue weighted by atomic mass is 9.88. The SMILES string of the molecule is Cc1c(-c2cccc(Cl)c2)c2c(-c3cncn3C)c(-c3ccc(Cl)cc3)ccc2n(C)c1=O. The molecule has 5 aromatic rings. The van der Waals surface area contributed by atoms with Gasteiger partial charge in [-0.2, -0.15) is 0 Å². The summed E-state index contributed by atoms with van der Waals surface area (Å²) in [7, 11) is 3.79. The standard InChI is InChI=1S/C27H21Cl2N3O/c1-16-24(18-5-4-6-20(29)13-18)26-22(32(3)27(16)33)12-11-21(17-7-9-19(28)10-8-17)25(26)23-14-30-15-31(23)2/h4-15H,1-3H3. The van der Waals surface area contributed by atoms with Crippen LogP contribution < -0.4 is 5.56 Å². The van der Waals surface area contributed by atoms with Crippen molar-refractivity contribution in [1.82, 2.24) is 14.1 Å². The third-order valence-corrected chi connectivity index (χ3v) is 6.62. The van der Waals surface area contributed by atoms with E-state index in [2.05, 4.69) is 11.1 Å². The van der Waals surface area contributed by atoms with E-state index < -0.39 is 0 Å². The Bertz CT molecular complexity index is 1580. The van der Waals surface area contributed by atoms with E-state index in [1.807, 2.05) is 86.4 Å². The van der Waals surface area contributed by atoms with Gasteiger partial charge in [0.05, 0.1) is 23.7 Å². The summed E-state index contributed by atoms with van der Waals surface area (Å²) >= 11 is 12.5. The van der Waals surface area contributed by atoms with Gasteiger partial charge >= 0.3 is 0 Å². The van der Waals surface area contributed by atoms with Gasteiger partial charge in [-0.15, -0.1) is 0 Å². The molecule has 0 fully saturated rings. The second-order valence-corrected chi connectivity index (χ2v) is 9.03. The number of pyridine rings is 1. The number of fused-ring (bicyclic) bond motifs is 1. The fourth-order valence-corrected chi connectivity index (χ4v) is 4.83. The van der Waals surface area contributed by atoms with Crippen molar-refractivity contribution in [1.29, 1.82) is 0 Å². The lowest BCUT2D eigenvalue weighted by Gasteiger charge is -2.20. The van der Waals surface area contributed by atoms with E-state index in [4.69, 9.17) is 23.2 Å². The Morgan fingerprint density at radius 3 is 2.27 bits per heavy atom. The van der Waals surface area contributed by atoms with Crippen molar-refractivity contribution >= 4 is 34.1 Å². The van der Waals surface area contributed by atoms with Gasteiger partial charge in [0.25, 0.3) is 5.56 Å². The summed E-state index contributed by atoms with van der Waals surface area (Å²) in [6.45, 7) is 1.87. The predicted octanol–water partition coefficient (Wildman–Crippen LogP) is 6.89. The molecule has 0 amide bonds. The Hall–Kier alpha value is -3.34. The van der Waals surface area contributed by atoms with Crippen LogP contribution in [0.1, 0.15) is 5.56 Å². The van der Waals surface area contributed by atoms with Crippen molar-refractivity contribution in [3.05, 3.63) is 99.2 Å². The second kappa shape index (κ2) is 8.22. The average Bonchev–Trinajstić information content (AvgIpc) is 3.23. The molecule has 0 radical (unpaired) electrons. The van der Waals surface area contributed by atoms with Crippen LogP contribution in [0.5, 0.6) is 0 Å². The molecule has 0 unspecified atom stereocenters. The van der Waals surface area contributed by atoms with E-state index in [9.17, 15) is 4.79 Å². The Labute approximate surface area is 201 Å². The van der Waals surface area contributed by atoms with Gasteiger partial charge in [0.2, 0.25) is 0 Å². The molecule has 33 heavy (non-hydrogen) atoms. The summed E-state index contributed by atoms with van der Waals surface area (Å²) in [6, 6.07) is 19.5. The molecule has 0 spiro atoms. The van der Waals surface area contributed by atoms with E-state index in [0.29, 0.717) is 15.6 Å². The maximum absolute atomic E-state index is 13.2. The van der Waals surface area contributed by atoms with Gasteiger partial charge < -0.3 is 9.13 Å². The number of aryl methyl sites for hydroxylation is 2. The zero-order valence-electron chi connectivity index (χ0n) is 18.4. The third-order valence-electron chi connectivity index (χ3n) is 6.14. The molecule has 164 valence electrons. The van der Waals surface area contributed by atoms with Crippen LogP contribution in [0, 0.1) is 6.92 Å². The molecule has 0 aliphatic rings. The zero-order chi connectivity index (χ0) is 23.3. The second-order valence-electron chi connectivity index (χ2n) is 8.15. The lowest BCUT2D eigenvalue weighted by Crippen LogP contribution is -2.21. The Kier molecular flexibility index (Phi) is 5.35. The molecule has 0 N–H and O–H groups in total. The molecule has 2 aromatic heterocycles. The van der Waals surface area contributed by atoms with Gasteiger partial charge in [-0.1, -0.05) is 53.5 Å². The summed E-state index contributed by atoms with van der Waals surface area (Å²) in [5.41, 5.74) is 7.27. The number of aromatic nitrogens is 3. The lowest BCUT2D eigenvalue weighted by molar-refractivity contribution is 0.893. The van der Waals surface area contributed by atoms with Crippen LogP contribution in [-0.4, -0.2) is 14.1 Å². The maximum atomic E-state index is 13.2. The van der Waals surface area contributed by atoms with Crippen LogP contribution >= 0.6 is 23.2 Å². The van der Waals surface area contributed by atoms with Gasteiger partial charge in [-0.3, -0.25) is 4.79 Å². The fraction of sp³-hybridized carbons (Fsp3) is 0.111. The van der Waals surface area contributed by atoms with E-state index >= 15 is 0 Å². The molecule has 4 nitrogen and oxygen atoms in total. The molecule has 6 heteroatoms. The van der Waals surface area contributed by atoms with E-state index in [1.165, 1.54) is 0 Å². The molecule has 5 rings (SSSR count). The molecule has 0 saturated carbocycles. The van der Waals surface area contributed by atoms with Crippen LogP contribution in [0.25, 0.3) is 44.4 Å². The van der Waals surface area contributed by atoms with E-state index in [1.54, 1.807) is 10.9 Å². The highest BCUT2D eigenvalue weighted by Gasteiger charge is 2.22. The molecule has 0 atom stereocenters. The number of hydrogen-bond donors (Lipinski definition) is 0. The quantitative estimate of drug-likeness (QED) is 0.286. The van der Waals surface area contributed by atoms with Crippen molar-refractivity contribution in [2.45, 2.75) is 6.92 Å². The summed E-state index contributed by atoms with van der Waals surface area (Å²) < 4.78 is 3.71. The maximum Gasteiger partial charge on any atom is 0.254 e.